The van der Waals surface area contributed by atoms with Crippen molar-refractivity contribution < 1.29 is 68.2 Å². The van der Waals surface area contributed by atoms with Gasteiger partial charge in [0.25, 0.3) is 0 Å². The van der Waals surface area contributed by atoms with Crippen LogP contribution < -0.4 is 21.3 Å². The number of ether oxygens (including phenoxy) is 3. The summed E-state index contributed by atoms with van der Waals surface area (Å²) >= 11 is 0. The Kier molecular flexibility index (Phi) is 21.5. The molecular formula is C69H121IN6O14. The number of hydrogen-bond donors (Lipinski definition) is 8. The minimum absolute atomic E-state index is 0. The van der Waals surface area contributed by atoms with Crippen molar-refractivity contribution in [1.82, 2.24) is 31.1 Å². The number of amides is 5. The summed E-state index contributed by atoms with van der Waals surface area (Å²) in [6.07, 6.45) is 11.9. The lowest BCUT2D eigenvalue weighted by Gasteiger charge is -2.36. The van der Waals surface area contributed by atoms with E-state index >= 15 is 0 Å². The molecule has 3 heterocycles. The normalized spacial score (nSPS) is 29.7. The van der Waals surface area contributed by atoms with Crippen molar-refractivity contribution in [2.75, 3.05) is 32.8 Å². The van der Waals surface area contributed by atoms with Gasteiger partial charge in [0.05, 0.1) is 19.3 Å². The number of halogens is 1. The van der Waals surface area contributed by atoms with Crippen molar-refractivity contribution in [3.63, 3.8) is 0 Å². The summed E-state index contributed by atoms with van der Waals surface area (Å²) in [6.45, 7) is 49.0. The Labute approximate surface area is 556 Å². The number of carboxylic acids is 2. The maximum absolute atomic E-state index is 13.7. The summed E-state index contributed by atoms with van der Waals surface area (Å²) in [4.78, 5) is 90.1. The number of aliphatic carboxylic acids is 2. The van der Waals surface area contributed by atoms with E-state index in [0.717, 1.165) is 25.8 Å². The highest BCUT2D eigenvalue weighted by Crippen LogP contribution is 2.90. The molecule has 0 aromatic rings. The first-order chi connectivity index (χ1) is 40.1. The summed E-state index contributed by atoms with van der Waals surface area (Å²) in [5.74, 6) is -2.49. The van der Waals surface area contributed by atoms with Gasteiger partial charge >= 0.3 is 30.2 Å². The Morgan fingerprint density at radius 2 is 0.789 bits per heavy atom. The molecule has 9 rings (SSSR count). The van der Waals surface area contributed by atoms with E-state index in [4.69, 9.17) is 19.3 Å². The van der Waals surface area contributed by atoms with E-state index in [2.05, 4.69) is 62.8 Å². The van der Waals surface area contributed by atoms with Crippen LogP contribution in [0.15, 0.2) is 0 Å². The van der Waals surface area contributed by atoms with Gasteiger partial charge < -0.3 is 65.7 Å². The Hall–Kier alpha value is -3.70. The van der Waals surface area contributed by atoms with E-state index in [-0.39, 0.29) is 75.5 Å². The third kappa shape index (κ3) is 13.6. The molecule has 0 radical (unpaired) electrons. The highest BCUT2D eigenvalue weighted by Gasteiger charge is 2.87. The maximum Gasteiger partial charge on any atom is 0.408 e. The molecule has 90 heavy (non-hydrogen) atoms. The number of rotatable bonds is 9. The number of alkyl carbamates (subject to hydrolysis) is 3. The molecule has 9 atom stereocenters. The second kappa shape index (κ2) is 25.1. The lowest BCUT2D eigenvalue weighted by Crippen LogP contribution is -2.57. The Morgan fingerprint density at radius 1 is 0.467 bits per heavy atom. The van der Waals surface area contributed by atoms with Gasteiger partial charge in [-0.25, -0.2) is 24.0 Å². The van der Waals surface area contributed by atoms with Crippen molar-refractivity contribution in [3.05, 3.63) is 0 Å². The molecular weight excluding hydrogens is 1260 g/mol. The zero-order valence-electron chi connectivity index (χ0n) is 59.7. The molecule has 9 fully saturated rings. The fraction of sp³-hybridized carbons (Fsp3) is 0.899. The van der Waals surface area contributed by atoms with Crippen LogP contribution in [0.5, 0.6) is 0 Å². The van der Waals surface area contributed by atoms with Crippen molar-refractivity contribution in [1.29, 1.82) is 0 Å². The van der Waals surface area contributed by atoms with Crippen LogP contribution in [0.3, 0.4) is 0 Å². The summed E-state index contributed by atoms with van der Waals surface area (Å²) in [5, 5.41) is 49.6. The number of aliphatic hydroxyl groups is 2. The minimum atomic E-state index is -1.07. The van der Waals surface area contributed by atoms with Gasteiger partial charge in [-0.05, 0) is 174 Å². The first-order valence-corrected chi connectivity index (χ1v) is 33.1. The number of carboxylic acid groups (broad SMARTS) is 2. The average Bonchev–Trinajstić information content (AvgIpc) is 1.48. The molecule has 518 valence electrons. The molecule has 8 N–H and O–H groups in total. The van der Waals surface area contributed by atoms with Gasteiger partial charge in [0, 0.05) is 36.5 Å². The molecule has 20 nitrogen and oxygen atoms in total. The molecule has 9 aliphatic rings. The quantitative estimate of drug-likeness (QED) is 0.0787. The SMILES string of the molecule is CC(C)(C)OC(=O)N[C@H](C(=O)N1C[C@]2(C[C@H]1C(=O)O)C(C)(C)C21CCC1)C(C)(C)C.CC(C)(C)OC(=O)N[C@H](C(=O)N1C[C@]2(C[C@H]1CO)C(C)(C)C21CCC1)C(C)(C)C.CC(C)(C)OC(=O)N[C@H](C(=O)O)C(C)(C)C.CC1(C)C2(CCC2)[C@]12CN[C@H](CO)C2.I. The number of fused-ring (bicyclic) bond motifs is 3. The Balaban J connectivity index is 0.000000228. The average molecular weight is 1390 g/mol. The van der Waals surface area contributed by atoms with Crippen LogP contribution in [0.1, 0.15) is 243 Å². The monoisotopic (exact) mass is 1380 g/mol. The molecule has 5 amide bonds. The molecule has 3 aliphatic heterocycles. The third-order valence-electron chi connectivity index (χ3n) is 24.1. The van der Waals surface area contributed by atoms with Gasteiger partial charge in [0.15, 0.2) is 0 Å². The number of carbonyl (C=O) groups is 7. The van der Waals surface area contributed by atoms with Gasteiger partial charge in [-0.1, -0.05) is 123 Å². The van der Waals surface area contributed by atoms with E-state index in [9.17, 15) is 48.9 Å². The molecule has 3 saturated heterocycles. The second-order valence-electron chi connectivity index (χ2n) is 36.1. The zero-order valence-corrected chi connectivity index (χ0v) is 62.0. The van der Waals surface area contributed by atoms with Crippen LogP contribution in [-0.2, 0) is 33.4 Å². The number of nitrogens with one attached hydrogen (secondary N) is 4. The molecule has 0 bridgehead atoms. The largest absolute Gasteiger partial charge is 0.480 e. The molecule has 6 spiro atoms. The van der Waals surface area contributed by atoms with Gasteiger partial charge in [-0.15, -0.1) is 24.0 Å². The predicted molar refractivity (Wildman–Crippen MR) is 357 cm³/mol. The minimum Gasteiger partial charge on any atom is -0.480 e. The first-order valence-electron chi connectivity index (χ1n) is 33.1. The fourth-order valence-electron chi connectivity index (χ4n) is 18.5. The van der Waals surface area contributed by atoms with E-state index in [1.807, 2.05) is 46.4 Å². The number of nitrogens with zero attached hydrogens (tertiary/aromatic N) is 2. The van der Waals surface area contributed by atoms with Gasteiger partial charge in [-0.3, -0.25) is 9.59 Å². The number of carbonyl (C=O) groups excluding carboxylic acids is 5. The summed E-state index contributed by atoms with van der Waals surface area (Å²) in [6, 6.07) is -3.23. The van der Waals surface area contributed by atoms with Crippen LogP contribution in [0.25, 0.3) is 0 Å². The molecule has 0 unspecified atom stereocenters. The topological polar surface area (TPSA) is 283 Å². The lowest BCUT2D eigenvalue weighted by atomic mass is 9.73. The standard InChI is InChI=1S/C23H38N2O5.C23H40N2O4.C12H21NO.C11H21NO4.HI/c1-19(2,3)15(24-18(29)30-20(4,5)6)16(26)25-13-23(12-14(25)17(27)28)21(7,8)22(23)10-9-11-22;1-19(2,3)16(24-18(28)29-20(4,5)6)17(27)25-14-23(12-15(25)13-26)21(7,8)22(23)10-9-11-22;1-10(2)11(4-3-5-11)12(10)6-9(7-14)13-8-12;1-10(2,3)7(8(13)14)12-9(15)16-11(4,5)6;/h14-15H,9-13H2,1-8H3,(H,24,29)(H,27,28);15-16,26H,9-14H2,1-8H3,(H,24,28);9,13-14H,3-8H2,1-2H3;7H,1-6H3,(H,12,15)(H,13,14);1H/t14-,15+,23+;15-,16+,23+;9-,12+;7-;/m0001./s1. The molecule has 6 saturated carbocycles. The van der Waals surface area contributed by atoms with Gasteiger partial charge in [-0.2, -0.15) is 0 Å². The maximum atomic E-state index is 13.7. The first kappa shape index (κ1) is 77.0. The molecule has 21 heteroatoms. The van der Waals surface area contributed by atoms with E-state index in [1.165, 1.54) is 56.3 Å². The Morgan fingerprint density at radius 3 is 1.06 bits per heavy atom. The summed E-state index contributed by atoms with van der Waals surface area (Å²) in [7, 11) is 0. The highest BCUT2D eigenvalue weighted by molar-refractivity contribution is 14.0. The lowest BCUT2D eigenvalue weighted by molar-refractivity contribution is -0.150. The fourth-order valence-corrected chi connectivity index (χ4v) is 18.5. The zero-order chi connectivity index (χ0) is 68.1. The van der Waals surface area contributed by atoms with Crippen LogP contribution in [0.2, 0.25) is 0 Å². The summed E-state index contributed by atoms with van der Waals surface area (Å²) in [5.41, 5.74) is -1.26. The number of hydrogen-bond acceptors (Lipinski definition) is 13. The van der Waals surface area contributed by atoms with Crippen LogP contribution >= 0.6 is 24.0 Å². The van der Waals surface area contributed by atoms with Gasteiger partial charge in [0.1, 0.15) is 41.0 Å². The van der Waals surface area contributed by atoms with Gasteiger partial charge in [0.2, 0.25) is 11.8 Å². The third-order valence-corrected chi connectivity index (χ3v) is 24.1. The number of aliphatic hydroxyl groups excluding tert-OH is 2. The van der Waals surface area contributed by atoms with Crippen molar-refractivity contribution in [2.24, 2.45) is 65.0 Å². The van der Waals surface area contributed by atoms with E-state index in [0.29, 0.717) is 53.8 Å². The van der Waals surface area contributed by atoms with Crippen molar-refractivity contribution in [2.45, 2.75) is 296 Å². The van der Waals surface area contributed by atoms with Crippen LogP contribution in [0, 0.1) is 65.0 Å². The van der Waals surface area contributed by atoms with Crippen LogP contribution in [-0.4, -0.2) is 158 Å². The van der Waals surface area contributed by atoms with E-state index < -0.39 is 87.4 Å². The second-order valence-corrected chi connectivity index (χ2v) is 36.1. The number of likely N-dealkylation sites (tertiary alicyclic amines) is 2. The summed E-state index contributed by atoms with van der Waals surface area (Å²) < 4.78 is 15.8. The molecule has 0 aromatic heterocycles. The molecule has 0 aromatic carbocycles. The highest BCUT2D eigenvalue weighted by atomic mass is 127. The Bertz CT molecular complexity index is 2680. The molecule has 6 aliphatic carbocycles. The van der Waals surface area contributed by atoms with Crippen molar-refractivity contribution in [3.8, 4) is 0 Å². The predicted octanol–water partition coefficient (Wildman–Crippen LogP) is 11.7. The smallest absolute Gasteiger partial charge is 0.408 e. The van der Waals surface area contributed by atoms with E-state index in [1.54, 1.807) is 83.1 Å². The van der Waals surface area contributed by atoms with Crippen molar-refractivity contribution >= 4 is 66.0 Å². The van der Waals surface area contributed by atoms with Crippen LogP contribution in [0.4, 0.5) is 14.4 Å².